The first-order valence-electron chi connectivity index (χ1n) is 9.52. The van der Waals surface area contributed by atoms with Gasteiger partial charge in [-0.2, -0.15) is 0 Å². The van der Waals surface area contributed by atoms with E-state index in [1.54, 1.807) is 7.11 Å². The molecule has 0 N–H and O–H groups in total. The van der Waals surface area contributed by atoms with Crippen LogP contribution in [0.4, 0.5) is 0 Å². The second kappa shape index (κ2) is 8.23. The molecule has 0 spiro atoms. The minimum absolute atomic E-state index is 0.140. The fourth-order valence-electron chi connectivity index (χ4n) is 3.40. The Bertz CT molecular complexity index is 878. The van der Waals surface area contributed by atoms with Crippen molar-refractivity contribution in [3.05, 3.63) is 64.7 Å². The molecular weight excluding hydrogens is 376 g/mol. The molecule has 1 amide bonds. The first-order chi connectivity index (χ1) is 13.6. The van der Waals surface area contributed by atoms with E-state index in [9.17, 15) is 4.79 Å². The summed E-state index contributed by atoms with van der Waals surface area (Å²) in [6.07, 6.45) is 2.49. The van der Waals surface area contributed by atoms with Gasteiger partial charge >= 0.3 is 0 Å². The van der Waals surface area contributed by atoms with Crippen LogP contribution in [0.25, 0.3) is 0 Å². The van der Waals surface area contributed by atoms with Crippen molar-refractivity contribution in [2.24, 2.45) is 11.1 Å². The van der Waals surface area contributed by atoms with E-state index in [4.69, 9.17) is 21.2 Å². The van der Waals surface area contributed by atoms with Crippen LogP contribution in [0.1, 0.15) is 30.4 Å². The van der Waals surface area contributed by atoms with Crippen LogP contribution in [-0.4, -0.2) is 36.3 Å². The fourth-order valence-corrected chi connectivity index (χ4v) is 3.62. The van der Waals surface area contributed by atoms with Gasteiger partial charge in [-0.25, -0.2) is 0 Å². The number of methoxy groups -OCH3 is 1. The molecule has 2 aliphatic rings. The molecule has 1 saturated carbocycles. The van der Waals surface area contributed by atoms with Crippen LogP contribution in [0.15, 0.2) is 53.7 Å². The Labute approximate surface area is 169 Å². The van der Waals surface area contributed by atoms with E-state index in [1.807, 2.05) is 53.4 Å². The Morgan fingerprint density at radius 3 is 2.71 bits per heavy atom. The van der Waals surface area contributed by atoms with Crippen molar-refractivity contribution in [3.63, 3.8) is 0 Å². The molecule has 146 valence electrons. The van der Waals surface area contributed by atoms with Crippen molar-refractivity contribution in [1.29, 1.82) is 0 Å². The van der Waals surface area contributed by atoms with E-state index in [2.05, 4.69) is 5.16 Å². The Morgan fingerprint density at radius 1 is 1.25 bits per heavy atom. The zero-order valence-electron chi connectivity index (χ0n) is 15.8. The number of carbonyl (C=O) groups is 1. The predicted molar refractivity (Wildman–Crippen MR) is 109 cm³/mol. The lowest BCUT2D eigenvalue weighted by Crippen LogP contribution is -2.38. The highest BCUT2D eigenvalue weighted by Crippen LogP contribution is 2.32. The highest BCUT2D eigenvalue weighted by molar-refractivity contribution is 6.30. The van der Waals surface area contributed by atoms with E-state index >= 15 is 0 Å². The van der Waals surface area contributed by atoms with E-state index < -0.39 is 0 Å². The molecule has 2 aromatic rings. The van der Waals surface area contributed by atoms with Gasteiger partial charge < -0.3 is 14.5 Å². The third kappa shape index (κ3) is 4.47. The number of oxime groups is 1. The van der Waals surface area contributed by atoms with E-state index in [0.29, 0.717) is 24.5 Å². The summed E-state index contributed by atoms with van der Waals surface area (Å²) < 4.78 is 5.20. The number of benzene rings is 2. The highest BCUT2D eigenvalue weighted by Gasteiger charge is 2.35. The van der Waals surface area contributed by atoms with Gasteiger partial charge in [-0.3, -0.25) is 4.79 Å². The summed E-state index contributed by atoms with van der Waals surface area (Å²) in [5.74, 6) is 1.16. The molecule has 28 heavy (non-hydrogen) atoms. The lowest BCUT2D eigenvalue weighted by atomic mass is 10.0. The molecular formula is C22H23ClN2O3. The molecule has 0 unspecified atom stereocenters. The van der Waals surface area contributed by atoms with Crippen molar-refractivity contribution in [1.82, 2.24) is 4.90 Å². The van der Waals surface area contributed by atoms with Crippen LogP contribution in [0.2, 0.25) is 5.02 Å². The lowest BCUT2D eigenvalue weighted by Gasteiger charge is -2.25. The van der Waals surface area contributed by atoms with Gasteiger partial charge in [0.05, 0.1) is 19.4 Å². The molecule has 0 radical (unpaired) electrons. The first kappa shape index (κ1) is 18.8. The fraction of sp³-hybridized carbons (Fsp3) is 0.364. The van der Waals surface area contributed by atoms with E-state index in [0.717, 1.165) is 35.4 Å². The maximum Gasteiger partial charge on any atom is 0.226 e. The van der Waals surface area contributed by atoms with Gasteiger partial charge in [0.25, 0.3) is 0 Å². The number of hydrogen-bond acceptors (Lipinski definition) is 4. The van der Waals surface area contributed by atoms with Crippen LogP contribution in [0.5, 0.6) is 5.75 Å². The summed E-state index contributed by atoms with van der Waals surface area (Å²) >= 11 is 6.11. The number of halogens is 1. The van der Waals surface area contributed by atoms with Gasteiger partial charge in [0.15, 0.2) is 6.10 Å². The first-order valence-corrected chi connectivity index (χ1v) is 9.90. The molecule has 1 fully saturated rings. The van der Waals surface area contributed by atoms with Gasteiger partial charge in [0.1, 0.15) is 5.75 Å². The van der Waals surface area contributed by atoms with E-state index in [-0.39, 0.29) is 17.9 Å². The molecule has 4 rings (SSSR count). The molecule has 0 aromatic heterocycles. The maximum atomic E-state index is 12.8. The normalized spacial score (nSPS) is 18.4. The average Bonchev–Trinajstić information content (AvgIpc) is 3.46. The molecule has 2 aromatic carbocycles. The van der Waals surface area contributed by atoms with Crippen molar-refractivity contribution in [2.45, 2.75) is 31.9 Å². The second-order valence-corrected chi connectivity index (χ2v) is 7.76. The number of ether oxygens (including phenoxy) is 1. The molecule has 1 aliphatic heterocycles. The molecule has 0 bridgehead atoms. The number of amides is 1. The monoisotopic (exact) mass is 398 g/mol. The summed E-state index contributed by atoms with van der Waals surface area (Å²) in [5, 5.41) is 4.93. The number of rotatable bonds is 7. The summed E-state index contributed by atoms with van der Waals surface area (Å²) in [5.41, 5.74) is 2.93. The summed E-state index contributed by atoms with van der Waals surface area (Å²) in [6, 6.07) is 15.4. The van der Waals surface area contributed by atoms with Crippen molar-refractivity contribution in [2.75, 3.05) is 13.7 Å². The van der Waals surface area contributed by atoms with Gasteiger partial charge in [-0.05, 0) is 60.4 Å². The SMILES string of the molecule is COc1ccc(C2=NO[C@@H](CN(Cc3cccc(Cl)c3)C(=O)C3CC3)C2)cc1. The highest BCUT2D eigenvalue weighted by atomic mass is 35.5. The third-order valence-electron chi connectivity index (χ3n) is 5.08. The standard InChI is InChI=1S/C22H23ClN2O3/c1-27-19-9-7-16(8-10-19)21-12-20(28-24-21)14-25(22(26)17-5-6-17)13-15-3-2-4-18(23)11-15/h2-4,7-11,17,20H,5-6,12-14H2,1H3/t20-/m1/s1. The molecule has 0 saturated heterocycles. The summed E-state index contributed by atoms with van der Waals surface area (Å²) in [7, 11) is 1.65. The molecule has 1 aliphatic carbocycles. The van der Waals surface area contributed by atoms with Gasteiger partial charge in [-0.15, -0.1) is 0 Å². The van der Waals surface area contributed by atoms with Crippen molar-refractivity contribution < 1.29 is 14.4 Å². The van der Waals surface area contributed by atoms with Gasteiger partial charge in [0.2, 0.25) is 5.91 Å². The minimum Gasteiger partial charge on any atom is -0.497 e. The van der Waals surface area contributed by atoms with Crippen LogP contribution in [-0.2, 0) is 16.2 Å². The van der Waals surface area contributed by atoms with Crippen molar-refractivity contribution >= 4 is 23.2 Å². The molecule has 1 heterocycles. The predicted octanol–water partition coefficient (Wildman–Crippen LogP) is 4.28. The lowest BCUT2D eigenvalue weighted by molar-refractivity contribution is -0.135. The van der Waals surface area contributed by atoms with Crippen LogP contribution < -0.4 is 4.74 Å². The molecule has 1 atom stereocenters. The van der Waals surface area contributed by atoms with Crippen LogP contribution >= 0.6 is 11.6 Å². The topological polar surface area (TPSA) is 51.1 Å². The minimum atomic E-state index is -0.140. The number of carbonyl (C=O) groups excluding carboxylic acids is 1. The Balaban J connectivity index is 1.41. The van der Waals surface area contributed by atoms with E-state index in [1.165, 1.54) is 0 Å². The Kier molecular flexibility index (Phi) is 5.53. The zero-order chi connectivity index (χ0) is 19.5. The van der Waals surface area contributed by atoms with Crippen molar-refractivity contribution in [3.8, 4) is 5.75 Å². The average molecular weight is 399 g/mol. The number of nitrogens with zero attached hydrogens (tertiary/aromatic N) is 2. The Morgan fingerprint density at radius 2 is 2.04 bits per heavy atom. The van der Waals surface area contributed by atoms with Gasteiger partial charge in [-0.1, -0.05) is 28.9 Å². The van der Waals surface area contributed by atoms with Gasteiger partial charge in [0, 0.05) is 23.9 Å². The molecule has 6 heteroatoms. The van der Waals surface area contributed by atoms with Crippen LogP contribution in [0.3, 0.4) is 0 Å². The molecule has 5 nitrogen and oxygen atoms in total. The largest absolute Gasteiger partial charge is 0.497 e. The quantitative estimate of drug-likeness (QED) is 0.699. The smallest absolute Gasteiger partial charge is 0.226 e. The summed E-state index contributed by atoms with van der Waals surface area (Å²) in [6.45, 7) is 1.05. The van der Waals surface area contributed by atoms with Crippen LogP contribution in [0, 0.1) is 5.92 Å². The number of hydrogen-bond donors (Lipinski definition) is 0. The zero-order valence-corrected chi connectivity index (χ0v) is 16.6. The summed E-state index contributed by atoms with van der Waals surface area (Å²) in [4.78, 5) is 20.3. The third-order valence-corrected chi connectivity index (χ3v) is 5.32. The Hall–Kier alpha value is -2.53. The second-order valence-electron chi connectivity index (χ2n) is 7.32. The maximum absolute atomic E-state index is 12.8.